The van der Waals surface area contributed by atoms with Crippen LogP contribution in [0.1, 0.15) is 48.6 Å². The van der Waals surface area contributed by atoms with Gasteiger partial charge in [0.2, 0.25) is 0 Å². The highest BCUT2D eigenvalue weighted by molar-refractivity contribution is 6.07. The molecule has 1 aliphatic heterocycles. The number of aromatic nitrogens is 3. The molecule has 4 aromatic rings. The number of nitrogens with zero attached hydrogens (tertiary/aromatic N) is 5. The van der Waals surface area contributed by atoms with Crippen LogP contribution in [0, 0.1) is 16.0 Å². The van der Waals surface area contributed by atoms with Crippen molar-refractivity contribution in [3.8, 4) is 0 Å². The number of aryl methyl sites for hydroxylation is 1. The molecule has 0 bridgehead atoms. The fourth-order valence-corrected chi connectivity index (χ4v) is 5.67. The summed E-state index contributed by atoms with van der Waals surface area (Å²) in [6, 6.07) is 20.2. The number of nitro groups is 1. The van der Waals surface area contributed by atoms with Crippen LogP contribution in [-0.2, 0) is 28.3 Å². The van der Waals surface area contributed by atoms with E-state index in [0.29, 0.717) is 35.6 Å². The third-order valence-corrected chi connectivity index (χ3v) is 8.28. The Kier molecular flexibility index (Phi) is 9.89. The second-order valence-electron chi connectivity index (χ2n) is 11.5. The van der Waals surface area contributed by atoms with E-state index in [1.54, 1.807) is 48.1 Å². The molecular weight excluding hydrogens is 604 g/mol. The lowest BCUT2D eigenvalue weighted by molar-refractivity contribution is -0.385. The van der Waals surface area contributed by atoms with Gasteiger partial charge in [0.25, 0.3) is 17.5 Å². The minimum Gasteiger partial charge on any atom is -0.395 e. The number of aliphatic hydroxyl groups is 3. The van der Waals surface area contributed by atoms with E-state index >= 15 is 0 Å². The van der Waals surface area contributed by atoms with Gasteiger partial charge in [-0.2, -0.15) is 0 Å². The van der Waals surface area contributed by atoms with E-state index in [9.17, 15) is 35.0 Å². The summed E-state index contributed by atoms with van der Waals surface area (Å²) >= 11 is 0. The van der Waals surface area contributed by atoms with Crippen LogP contribution in [0.4, 0.5) is 17.1 Å². The number of aliphatic hydroxyl groups excluding tert-OH is 2. The van der Waals surface area contributed by atoms with Crippen LogP contribution in [0.15, 0.2) is 91.1 Å². The summed E-state index contributed by atoms with van der Waals surface area (Å²) in [7, 11) is 0. The van der Waals surface area contributed by atoms with Crippen molar-refractivity contribution in [2.45, 2.75) is 51.0 Å². The fraction of sp³-hybridized carbons (Fsp3) is 0.294. The summed E-state index contributed by atoms with van der Waals surface area (Å²) in [5.74, 6) is -2.29. The smallest absolute Gasteiger partial charge is 0.269 e. The third-order valence-electron chi connectivity index (χ3n) is 8.28. The third kappa shape index (κ3) is 6.97. The van der Waals surface area contributed by atoms with Crippen molar-refractivity contribution in [1.29, 1.82) is 0 Å². The topological polar surface area (TPSA) is 184 Å². The van der Waals surface area contributed by atoms with Crippen molar-refractivity contribution in [3.63, 3.8) is 0 Å². The van der Waals surface area contributed by atoms with Crippen LogP contribution >= 0.6 is 0 Å². The Hall–Kier alpha value is -5.24. The monoisotopic (exact) mass is 640 g/mol. The van der Waals surface area contributed by atoms with Gasteiger partial charge in [0.05, 0.1) is 35.4 Å². The highest BCUT2D eigenvalue weighted by Crippen LogP contribution is 2.47. The molecule has 13 nitrogen and oxygen atoms in total. The molecule has 1 aromatic heterocycles. The highest BCUT2D eigenvalue weighted by Gasteiger charge is 2.53. The summed E-state index contributed by atoms with van der Waals surface area (Å²) in [5.41, 5.74) is 0.739. The van der Waals surface area contributed by atoms with E-state index in [4.69, 9.17) is 0 Å². The molecular formula is C34H36N6O7. The number of nitro benzene ring substituents is 1. The Morgan fingerprint density at radius 2 is 1.87 bits per heavy atom. The van der Waals surface area contributed by atoms with E-state index in [1.165, 1.54) is 30.0 Å². The van der Waals surface area contributed by atoms with Crippen LogP contribution < -0.4 is 10.2 Å². The summed E-state index contributed by atoms with van der Waals surface area (Å²) in [6.07, 6.45) is 4.57. The number of rotatable bonds is 13. The largest absolute Gasteiger partial charge is 0.395 e. The molecule has 1 unspecified atom stereocenters. The maximum atomic E-state index is 14.0. The predicted molar refractivity (Wildman–Crippen MR) is 173 cm³/mol. The quantitative estimate of drug-likeness (QED) is 0.0962. The fourth-order valence-electron chi connectivity index (χ4n) is 5.67. The molecule has 4 N–H and O–H groups in total. The molecule has 0 fully saturated rings. The molecule has 0 aliphatic carbocycles. The molecule has 5 rings (SSSR count). The molecule has 0 spiro atoms. The second kappa shape index (κ2) is 14.0. The van der Waals surface area contributed by atoms with Gasteiger partial charge >= 0.3 is 0 Å². The van der Waals surface area contributed by atoms with Gasteiger partial charge in [0.15, 0.2) is 5.60 Å². The van der Waals surface area contributed by atoms with E-state index in [0.717, 1.165) is 5.56 Å². The molecule has 244 valence electrons. The van der Waals surface area contributed by atoms with Gasteiger partial charge in [-0.15, -0.1) is 5.10 Å². The Morgan fingerprint density at radius 1 is 1.11 bits per heavy atom. The average molecular weight is 641 g/mol. The maximum Gasteiger partial charge on any atom is 0.269 e. The summed E-state index contributed by atoms with van der Waals surface area (Å²) in [4.78, 5) is 38.4. The molecule has 0 saturated heterocycles. The molecule has 0 radical (unpaired) electrons. The number of non-ortho nitro benzene ring substituents is 1. The molecule has 4 atom stereocenters. The van der Waals surface area contributed by atoms with Crippen LogP contribution in [-0.4, -0.2) is 59.8 Å². The van der Waals surface area contributed by atoms with Gasteiger partial charge in [0.1, 0.15) is 6.10 Å². The lowest BCUT2D eigenvalue weighted by Gasteiger charge is -2.27. The number of amides is 2. The number of fused-ring (bicyclic) bond motifs is 1. The first-order valence-electron chi connectivity index (χ1n) is 15.2. The second-order valence-corrected chi connectivity index (χ2v) is 11.5. The van der Waals surface area contributed by atoms with Gasteiger partial charge in [0, 0.05) is 42.0 Å². The lowest BCUT2D eigenvalue weighted by Crippen LogP contribution is -2.44. The van der Waals surface area contributed by atoms with Crippen molar-refractivity contribution in [2.75, 3.05) is 16.8 Å². The first-order chi connectivity index (χ1) is 22.5. The first-order valence-corrected chi connectivity index (χ1v) is 15.2. The van der Waals surface area contributed by atoms with Gasteiger partial charge in [-0.3, -0.25) is 24.4 Å². The van der Waals surface area contributed by atoms with Crippen molar-refractivity contribution >= 4 is 28.9 Å². The van der Waals surface area contributed by atoms with E-state index in [2.05, 4.69) is 15.6 Å². The summed E-state index contributed by atoms with van der Waals surface area (Å²) < 4.78 is 1.66. The van der Waals surface area contributed by atoms with Crippen LogP contribution in [0.3, 0.4) is 0 Å². The number of nitrogens with one attached hydrogen (secondary N) is 1. The van der Waals surface area contributed by atoms with Gasteiger partial charge < -0.3 is 25.5 Å². The van der Waals surface area contributed by atoms with E-state index in [1.807, 2.05) is 36.4 Å². The first kappa shape index (κ1) is 33.1. The van der Waals surface area contributed by atoms with Crippen LogP contribution in [0.5, 0.6) is 0 Å². The zero-order valence-electron chi connectivity index (χ0n) is 25.9. The summed E-state index contributed by atoms with van der Waals surface area (Å²) in [6.45, 7) is 3.37. The van der Waals surface area contributed by atoms with E-state index in [-0.39, 0.29) is 30.3 Å². The minimum atomic E-state index is -2.08. The Labute approximate surface area is 270 Å². The lowest BCUT2D eigenvalue weighted by atomic mass is 9.82. The number of allylic oxidation sites excluding steroid dienone is 1. The number of carbonyl (C=O) groups is 2. The molecule has 47 heavy (non-hydrogen) atoms. The standard InChI is InChI=1S/C34H36N6O7/c1-22(9-6-7-16-38-20-30(36-37-38)28(21-41)25-11-4-3-5-12-25)34(45)29-18-27(40(46)47)14-15-31(29)39(33(34)44)19-24-10-8-13-26(17-24)35-32(43)23(2)42/h3-6,8-15,17-18,20,22-23,28,41-42,45H,7,16,19,21H2,1-2H3,(H,35,43)/b9-6+/t22-,23+,28?,34+/m1/s1. The van der Waals surface area contributed by atoms with Crippen LogP contribution in [0.2, 0.25) is 0 Å². The number of benzene rings is 3. The molecule has 0 saturated carbocycles. The highest BCUT2D eigenvalue weighted by atomic mass is 16.6. The van der Waals surface area contributed by atoms with Crippen molar-refractivity contribution in [3.05, 3.63) is 124 Å². The Balaban J connectivity index is 1.33. The van der Waals surface area contributed by atoms with E-state index < -0.39 is 34.4 Å². The van der Waals surface area contributed by atoms with Crippen molar-refractivity contribution in [2.24, 2.45) is 5.92 Å². The van der Waals surface area contributed by atoms with Crippen molar-refractivity contribution in [1.82, 2.24) is 15.0 Å². The average Bonchev–Trinajstić information content (AvgIpc) is 3.61. The predicted octanol–water partition coefficient (Wildman–Crippen LogP) is 3.65. The zero-order valence-corrected chi connectivity index (χ0v) is 25.9. The zero-order chi connectivity index (χ0) is 33.7. The normalized spacial score (nSPS) is 17.8. The number of hydrogen-bond acceptors (Lipinski definition) is 9. The SMILES string of the molecule is C[C@H](O)C(=O)Nc1cccc(CN2C(=O)[C@](O)([C@H](C)/C=C/CCn3cc(C(CO)c4ccccc4)nn3)c3cc([N+](=O)[O-])ccc32)c1. The number of carbonyl (C=O) groups excluding carboxylic acids is 2. The van der Waals surface area contributed by atoms with Gasteiger partial charge in [-0.25, -0.2) is 0 Å². The molecule has 1 aliphatic rings. The molecule has 2 heterocycles. The molecule has 2 amide bonds. The van der Waals surface area contributed by atoms with Gasteiger partial charge in [-0.1, -0.05) is 66.8 Å². The van der Waals surface area contributed by atoms with Gasteiger partial charge in [-0.05, 0) is 42.7 Å². The van der Waals surface area contributed by atoms with Crippen molar-refractivity contribution < 1.29 is 29.8 Å². The Morgan fingerprint density at radius 3 is 2.57 bits per heavy atom. The molecule has 13 heteroatoms. The molecule has 3 aromatic carbocycles. The maximum absolute atomic E-state index is 14.0. The van der Waals surface area contributed by atoms with Crippen LogP contribution in [0.25, 0.3) is 0 Å². The summed E-state index contributed by atoms with van der Waals surface area (Å²) in [5, 5.41) is 54.1. The number of hydrogen-bond donors (Lipinski definition) is 4. The number of anilines is 2. The minimum absolute atomic E-state index is 0.0211. The Bertz CT molecular complexity index is 1790.